The first-order valence-corrected chi connectivity index (χ1v) is 9.51. The van der Waals surface area contributed by atoms with Crippen molar-refractivity contribution in [2.75, 3.05) is 19.0 Å². The Labute approximate surface area is 166 Å². The van der Waals surface area contributed by atoms with Gasteiger partial charge in [-0.05, 0) is 43.5 Å². The standard InChI is InChI=1S/C18H21N5O4S/c1-5-14-21-22-16(28-14)19-13(24)9-23-15(25)18(3,20-17(23)26)11-6-7-12(27-4)10(2)8-11/h6-8H,5,9H2,1-4H3,(H,20,26)(H,19,22,24). The van der Waals surface area contributed by atoms with Crippen molar-refractivity contribution < 1.29 is 19.1 Å². The molecule has 2 N–H and O–H groups in total. The molecule has 0 saturated carbocycles. The van der Waals surface area contributed by atoms with Crippen LogP contribution in [-0.4, -0.2) is 46.6 Å². The Morgan fingerprint density at radius 1 is 1.36 bits per heavy atom. The van der Waals surface area contributed by atoms with Gasteiger partial charge in [0.15, 0.2) is 0 Å². The van der Waals surface area contributed by atoms with Crippen LogP contribution in [0.15, 0.2) is 18.2 Å². The number of amides is 4. The van der Waals surface area contributed by atoms with Crippen LogP contribution in [0.2, 0.25) is 0 Å². The largest absolute Gasteiger partial charge is 0.496 e. The van der Waals surface area contributed by atoms with E-state index in [1.807, 2.05) is 13.8 Å². The summed E-state index contributed by atoms with van der Waals surface area (Å²) < 4.78 is 5.24. The minimum atomic E-state index is -1.26. The molecule has 0 aliphatic carbocycles. The number of nitrogens with zero attached hydrogens (tertiary/aromatic N) is 3. The summed E-state index contributed by atoms with van der Waals surface area (Å²) in [7, 11) is 1.56. The first-order valence-electron chi connectivity index (χ1n) is 8.70. The molecule has 1 aliphatic heterocycles. The highest BCUT2D eigenvalue weighted by molar-refractivity contribution is 7.15. The van der Waals surface area contributed by atoms with E-state index in [-0.39, 0.29) is 0 Å². The summed E-state index contributed by atoms with van der Waals surface area (Å²) in [6.45, 7) is 4.99. The van der Waals surface area contributed by atoms with Crippen LogP contribution in [0.3, 0.4) is 0 Å². The highest BCUT2D eigenvalue weighted by atomic mass is 32.1. The summed E-state index contributed by atoms with van der Waals surface area (Å²) in [5, 5.41) is 14.2. The molecule has 0 spiro atoms. The first kappa shape index (κ1) is 19.7. The molecule has 28 heavy (non-hydrogen) atoms. The van der Waals surface area contributed by atoms with Gasteiger partial charge < -0.3 is 10.1 Å². The molecule has 148 valence electrons. The van der Waals surface area contributed by atoms with Crippen molar-refractivity contribution in [2.24, 2.45) is 0 Å². The third-order valence-corrected chi connectivity index (χ3v) is 5.55. The Hall–Kier alpha value is -3.01. The van der Waals surface area contributed by atoms with Gasteiger partial charge >= 0.3 is 6.03 Å². The van der Waals surface area contributed by atoms with Crippen LogP contribution in [-0.2, 0) is 21.5 Å². The Kier molecular flexibility index (Phi) is 5.32. The third kappa shape index (κ3) is 3.55. The number of carbonyl (C=O) groups is 3. The molecular formula is C18H21N5O4S. The van der Waals surface area contributed by atoms with Crippen molar-refractivity contribution in [1.82, 2.24) is 20.4 Å². The van der Waals surface area contributed by atoms with Crippen LogP contribution < -0.4 is 15.4 Å². The Morgan fingerprint density at radius 2 is 2.11 bits per heavy atom. The van der Waals surface area contributed by atoms with Crippen LogP contribution >= 0.6 is 11.3 Å². The number of hydrogen-bond acceptors (Lipinski definition) is 7. The van der Waals surface area contributed by atoms with Gasteiger partial charge in [0.25, 0.3) is 5.91 Å². The zero-order chi connectivity index (χ0) is 20.5. The molecule has 3 rings (SSSR count). The fraction of sp³-hybridized carbons (Fsp3) is 0.389. The van der Waals surface area contributed by atoms with E-state index in [1.165, 1.54) is 11.3 Å². The van der Waals surface area contributed by atoms with Crippen molar-refractivity contribution >= 4 is 34.3 Å². The summed E-state index contributed by atoms with van der Waals surface area (Å²) in [6.07, 6.45) is 0.709. The number of anilines is 1. The van der Waals surface area contributed by atoms with E-state index in [4.69, 9.17) is 4.74 Å². The number of aromatic nitrogens is 2. The fourth-order valence-electron chi connectivity index (χ4n) is 2.98. The van der Waals surface area contributed by atoms with Gasteiger partial charge in [0.1, 0.15) is 22.8 Å². The monoisotopic (exact) mass is 403 g/mol. The smallest absolute Gasteiger partial charge is 0.325 e. The number of ether oxygens (including phenoxy) is 1. The Balaban J connectivity index is 1.75. The second-order valence-electron chi connectivity index (χ2n) is 6.53. The van der Waals surface area contributed by atoms with Crippen LogP contribution in [0, 0.1) is 6.92 Å². The molecule has 1 aromatic carbocycles. The molecule has 0 bridgehead atoms. The predicted octanol–water partition coefficient (Wildman–Crippen LogP) is 1.82. The summed E-state index contributed by atoms with van der Waals surface area (Å²) >= 11 is 1.25. The summed E-state index contributed by atoms with van der Waals surface area (Å²) in [4.78, 5) is 38.5. The molecule has 0 radical (unpaired) electrons. The minimum absolute atomic E-state index is 0.336. The third-order valence-electron chi connectivity index (χ3n) is 4.56. The zero-order valence-corrected chi connectivity index (χ0v) is 16.8. The van der Waals surface area contributed by atoms with E-state index in [0.29, 0.717) is 22.9 Å². The van der Waals surface area contributed by atoms with E-state index in [2.05, 4.69) is 20.8 Å². The van der Waals surface area contributed by atoms with Crippen LogP contribution in [0.5, 0.6) is 5.75 Å². The molecule has 2 aromatic rings. The van der Waals surface area contributed by atoms with Crippen LogP contribution in [0.1, 0.15) is 30.0 Å². The molecular weight excluding hydrogens is 382 g/mol. The van der Waals surface area contributed by atoms with Crippen molar-refractivity contribution in [3.05, 3.63) is 34.3 Å². The SMILES string of the molecule is CCc1nnc(NC(=O)CN2C(=O)NC(C)(c3ccc(OC)c(C)c3)C2=O)s1. The zero-order valence-electron chi connectivity index (χ0n) is 16.0. The average Bonchev–Trinajstić information content (AvgIpc) is 3.20. The molecule has 10 heteroatoms. The van der Waals surface area contributed by atoms with Gasteiger partial charge in [-0.25, -0.2) is 4.79 Å². The predicted molar refractivity (Wildman–Crippen MR) is 103 cm³/mol. The maximum atomic E-state index is 12.9. The van der Waals surface area contributed by atoms with E-state index in [9.17, 15) is 14.4 Å². The van der Waals surface area contributed by atoms with Gasteiger partial charge in [-0.15, -0.1) is 10.2 Å². The highest BCUT2D eigenvalue weighted by Crippen LogP contribution is 2.31. The Bertz CT molecular complexity index is 944. The number of nitrogens with one attached hydrogen (secondary N) is 2. The topological polar surface area (TPSA) is 114 Å². The normalized spacial score (nSPS) is 18.9. The van der Waals surface area contributed by atoms with Crippen LogP contribution in [0.4, 0.5) is 9.93 Å². The number of methoxy groups -OCH3 is 1. The lowest BCUT2D eigenvalue weighted by Crippen LogP contribution is -2.42. The maximum Gasteiger partial charge on any atom is 0.325 e. The lowest BCUT2D eigenvalue weighted by Gasteiger charge is -2.23. The average molecular weight is 403 g/mol. The quantitative estimate of drug-likeness (QED) is 0.712. The molecule has 1 atom stereocenters. The van der Waals surface area contributed by atoms with Crippen molar-refractivity contribution in [3.63, 3.8) is 0 Å². The van der Waals surface area contributed by atoms with Crippen molar-refractivity contribution in [3.8, 4) is 5.75 Å². The van der Waals surface area contributed by atoms with E-state index < -0.39 is 29.9 Å². The molecule has 2 heterocycles. The van der Waals surface area contributed by atoms with Crippen LogP contribution in [0.25, 0.3) is 0 Å². The second-order valence-corrected chi connectivity index (χ2v) is 7.60. The van der Waals surface area contributed by atoms with Crippen molar-refractivity contribution in [1.29, 1.82) is 0 Å². The number of carbonyl (C=O) groups excluding carboxylic acids is 3. The summed E-state index contributed by atoms with van der Waals surface area (Å²) in [5.74, 6) is -0.329. The summed E-state index contributed by atoms with van der Waals surface area (Å²) in [5.41, 5.74) is 0.193. The number of aryl methyl sites for hydroxylation is 2. The van der Waals surface area contributed by atoms with E-state index in [0.717, 1.165) is 15.5 Å². The van der Waals surface area contributed by atoms with Gasteiger partial charge in [0.05, 0.1) is 7.11 Å². The van der Waals surface area contributed by atoms with Gasteiger partial charge in [-0.1, -0.05) is 24.3 Å². The number of benzene rings is 1. The number of hydrogen-bond donors (Lipinski definition) is 2. The van der Waals surface area contributed by atoms with E-state index in [1.54, 1.807) is 32.2 Å². The lowest BCUT2D eigenvalue weighted by atomic mass is 9.90. The highest BCUT2D eigenvalue weighted by Gasteiger charge is 2.49. The number of rotatable bonds is 6. The van der Waals surface area contributed by atoms with E-state index >= 15 is 0 Å². The molecule has 9 nitrogen and oxygen atoms in total. The molecule has 1 aromatic heterocycles. The fourth-order valence-corrected chi connectivity index (χ4v) is 3.67. The Morgan fingerprint density at radius 3 is 2.71 bits per heavy atom. The van der Waals surface area contributed by atoms with Gasteiger partial charge in [0.2, 0.25) is 11.0 Å². The van der Waals surface area contributed by atoms with Gasteiger partial charge in [-0.3, -0.25) is 19.8 Å². The molecule has 1 saturated heterocycles. The van der Waals surface area contributed by atoms with Gasteiger partial charge in [0, 0.05) is 0 Å². The summed E-state index contributed by atoms with van der Waals surface area (Å²) in [6, 6.07) is 4.63. The lowest BCUT2D eigenvalue weighted by molar-refractivity contribution is -0.133. The molecule has 1 aliphatic rings. The minimum Gasteiger partial charge on any atom is -0.496 e. The molecule has 1 fully saturated rings. The second kappa shape index (κ2) is 7.55. The van der Waals surface area contributed by atoms with Gasteiger partial charge in [-0.2, -0.15) is 0 Å². The molecule has 1 unspecified atom stereocenters. The number of imide groups is 1. The van der Waals surface area contributed by atoms with Crippen molar-refractivity contribution in [2.45, 2.75) is 32.7 Å². The molecule has 4 amide bonds. The maximum absolute atomic E-state index is 12.9. The first-order chi connectivity index (χ1) is 13.3. The number of urea groups is 1.